The summed E-state index contributed by atoms with van der Waals surface area (Å²) in [6, 6.07) is 0.0115. The number of carbonyl (C=O) groups is 1. The summed E-state index contributed by atoms with van der Waals surface area (Å²) in [7, 11) is 0. The highest BCUT2D eigenvalue weighted by Gasteiger charge is 2.50. The summed E-state index contributed by atoms with van der Waals surface area (Å²) >= 11 is 0. The predicted molar refractivity (Wildman–Crippen MR) is 138 cm³/mol. The van der Waals surface area contributed by atoms with Crippen LogP contribution in [0.1, 0.15) is 121 Å². The van der Waals surface area contributed by atoms with E-state index in [-0.39, 0.29) is 29.1 Å². The summed E-state index contributed by atoms with van der Waals surface area (Å²) in [6.45, 7) is 23.9. The number of rotatable bonds is 7. The summed E-state index contributed by atoms with van der Waals surface area (Å²) in [5.41, 5.74) is -1.64. The first-order valence-corrected chi connectivity index (χ1v) is 13.4. The summed E-state index contributed by atoms with van der Waals surface area (Å²) in [5, 5.41) is 28.0. The van der Waals surface area contributed by atoms with Crippen LogP contribution in [0.2, 0.25) is 0 Å². The van der Waals surface area contributed by atoms with E-state index >= 15 is 0 Å². The molecule has 0 radical (unpaired) electrons. The molecule has 7 nitrogen and oxygen atoms in total. The first-order chi connectivity index (χ1) is 15.3. The van der Waals surface area contributed by atoms with Crippen LogP contribution >= 0.6 is 0 Å². The zero-order chi connectivity index (χ0) is 26.3. The number of hydrogen-bond donors (Lipinski definition) is 3. The number of nitrogens with one attached hydrogen (secondary N) is 1. The van der Waals surface area contributed by atoms with Gasteiger partial charge in [0.1, 0.15) is 0 Å². The largest absolute Gasteiger partial charge is 0.335 e. The fourth-order valence-corrected chi connectivity index (χ4v) is 6.79. The third-order valence-corrected chi connectivity index (χ3v) is 8.45. The first kappa shape index (κ1) is 29.3. The average Bonchev–Trinajstić information content (AvgIpc) is 2.67. The van der Waals surface area contributed by atoms with E-state index in [2.05, 4.69) is 58.7 Å². The van der Waals surface area contributed by atoms with Gasteiger partial charge in [0, 0.05) is 40.8 Å². The standard InChI is InChI=1S/C27H54N4O3/c1-12-14-23(3,4)19-29(21-17-26(9,10)31(34)27(11,13-2)18-21)22(32)28-20-15-24(5,6)30(33)25(7,8)16-20/h20-21,33-34H,12-19H2,1-11H3,(H,28,32). The van der Waals surface area contributed by atoms with Crippen molar-refractivity contribution in [3.8, 4) is 0 Å². The van der Waals surface area contributed by atoms with E-state index in [1.54, 1.807) is 0 Å². The molecule has 3 N–H and O–H groups in total. The summed E-state index contributed by atoms with van der Waals surface area (Å²) in [5.74, 6) is 0. The molecule has 0 saturated carbocycles. The Hall–Kier alpha value is -0.890. The number of carbonyl (C=O) groups excluding carboxylic acids is 1. The lowest BCUT2D eigenvalue weighted by Crippen LogP contribution is -2.67. The van der Waals surface area contributed by atoms with Gasteiger partial charge in [-0.2, -0.15) is 10.1 Å². The van der Waals surface area contributed by atoms with Crippen LogP contribution in [-0.4, -0.2) is 72.3 Å². The Bertz CT molecular complexity index is 703. The van der Waals surface area contributed by atoms with Gasteiger partial charge in [0.2, 0.25) is 0 Å². The van der Waals surface area contributed by atoms with Crippen molar-refractivity contribution in [3.63, 3.8) is 0 Å². The highest BCUT2D eigenvalue weighted by atomic mass is 16.5. The maximum Gasteiger partial charge on any atom is 0.317 e. The lowest BCUT2D eigenvalue weighted by Gasteiger charge is -2.55. The third kappa shape index (κ3) is 6.26. The fraction of sp³-hybridized carbons (Fsp3) is 0.963. The van der Waals surface area contributed by atoms with Crippen molar-refractivity contribution < 1.29 is 15.2 Å². The molecule has 0 spiro atoms. The van der Waals surface area contributed by atoms with E-state index in [1.807, 2.05) is 27.7 Å². The van der Waals surface area contributed by atoms with Gasteiger partial charge in [-0.25, -0.2) is 4.79 Å². The number of urea groups is 1. The molecule has 0 aliphatic carbocycles. The molecule has 2 aliphatic heterocycles. The van der Waals surface area contributed by atoms with Crippen molar-refractivity contribution >= 4 is 6.03 Å². The first-order valence-electron chi connectivity index (χ1n) is 13.4. The molecular formula is C27H54N4O3. The van der Waals surface area contributed by atoms with Crippen molar-refractivity contribution in [2.24, 2.45) is 5.41 Å². The Morgan fingerprint density at radius 1 is 0.912 bits per heavy atom. The Morgan fingerprint density at radius 2 is 1.41 bits per heavy atom. The lowest BCUT2D eigenvalue weighted by atomic mass is 9.75. The summed E-state index contributed by atoms with van der Waals surface area (Å²) < 4.78 is 0. The predicted octanol–water partition coefficient (Wildman–Crippen LogP) is 6.04. The van der Waals surface area contributed by atoms with Crippen LogP contribution in [0.5, 0.6) is 0 Å². The molecule has 0 aromatic rings. The van der Waals surface area contributed by atoms with Crippen molar-refractivity contribution in [3.05, 3.63) is 0 Å². The van der Waals surface area contributed by atoms with Crippen LogP contribution in [-0.2, 0) is 0 Å². The highest BCUT2D eigenvalue weighted by Crippen LogP contribution is 2.42. The second kappa shape index (κ2) is 9.87. The van der Waals surface area contributed by atoms with Gasteiger partial charge < -0.3 is 20.6 Å². The number of hydrogen-bond acceptors (Lipinski definition) is 5. The number of amides is 2. The van der Waals surface area contributed by atoms with E-state index in [4.69, 9.17) is 0 Å². The van der Waals surface area contributed by atoms with E-state index < -0.39 is 16.6 Å². The monoisotopic (exact) mass is 482 g/mol. The topological polar surface area (TPSA) is 79.3 Å². The molecule has 0 aromatic heterocycles. The van der Waals surface area contributed by atoms with Gasteiger partial charge in [-0.05, 0) is 92.4 Å². The molecule has 2 heterocycles. The Kier molecular flexibility index (Phi) is 8.52. The normalized spacial score (nSPS) is 30.2. The van der Waals surface area contributed by atoms with Crippen LogP contribution < -0.4 is 5.32 Å². The molecular weight excluding hydrogens is 428 g/mol. The summed E-state index contributed by atoms with van der Waals surface area (Å²) in [6.07, 6.45) is 5.79. The minimum absolute atomic E-state index is 0.00218. The Morgan fingerprint density at radius 3 is 1.88 bits per heavy atom. The Balaban J connectivity index is 2.35. The van der Waals surface area contributed by atoms with Crippen molar-refractivity contribution in [2.75, 3.05) is 6.54 Å². The lowest BCUT2D eigenvalue weighted by molar-refractivity contribution is -0.257. The maximum atomic E-state index is 14.0. The maximum absolute atomic E-state index is 14.0. The van der Waals surface area contributed by atoms with Crippen LogP contribution in [0.4, 0.5) is 4.79 Å². The van der Waals surface area contributed by atoms with E-state index in [1.165, 1.54) is 10.1 Å². The molecule has 2 aliphatic rings. The van der Waals surface area contributed by atoms with Crippen LogP contribution in [0, 0.1) is 5.41 Å². The van der Waals surface area contributed by atoms with E-state index in [9.17, 15) is 15.2 Å². The highest BCUT2D eigenvalue weighted by molar-refractivity contribution is 5.75. The van der Waals surface area contributed by atoms with E-state index in [0.29, 0.717) is 19.4 Å². The van der Waals surface area contributed by atoms with Gasteiger partial charge in [0.05, 0.1) is 0 Å². The van der Waals surface area contributed by atoms with Gasteiger partial charge in [0.15, 0.2) is 0 Å². The molecule has 2 atom stereocenters. The molecule has 2 rings (SSSR count). The van der Waals surface area contributed by atoms with E-state index in [0.717, 1.165) is 32.1 Å². The van der Waals surface area contributed by atoms with Gasteiger partial charge >= 0.3 is 6.03 Å². The van der Waals surface area contributed by atoms with Gasteiger partial charge in [-0.1, -0.05) is 34.1 Å². The minimum Gasteiger partial charge on any atom is -0.335 e. The molecule has 0 aromatic carbocycles. The second-order valence-corrected chi connectivity index (χ2v) is 14.1. The van der Waals surface area contributed by atoms with Gasteiger partial charge in [-0.3, -0.25) is 0 Å². The summed E-state index contributed by atoms with van der Waals surface area (Å²) in [4.78, 5) is 16.0. The van der Waals surface area contributed by atoms with Crippen molar-refractivity contribution in [1.29, 1.82) is 0 Å². The molecule has 2 saturated heterocycles. The van der Waals surface area contributed by atoms with Crippen LogP contribution in [0.15, 0.2) is 0 Å². The molecule has 200 valence electrons. The fourth-order valence-electron chi connectivity index (χ4n) is 6.79. The Labute approximate surface area is 209 Å². The molecule has 2 amide bonds. The number of nitrogens with zero attached hydrogens (tertiary/aromatic N) is 3. The minimum atomic E-state index is -0.423. The van der Waals surface area contributed by atoms with Crippen LogP contribution in [0.3, 0.4) is 0 Å². The number of hydroxylamine groups is 4. The van der Waals surface area contributed by atoms with Gasteiger partial charge in [-0.15, -0.1) is 0 Å². The average molecular weight is 483 g/mol. The zero-order valence-electron chi connectivity index (χ0n) is 24.0. The van der Waals surface area contributed by atoms with Crippen molar-refractivity contribution in [1.82, 2.24) is 20.3 Å². The van der Waals surface area contributed by atoms with Gasteiger partial charge in [0.25, 0.3) is 0 Å². The molecule has 2 fully saturated rings. The zero-order valence-corrected chi connectivity index (χ0v) is 24.0. The molecule has 0 bridgehead atoms. The molecule has 34 heavy (non-hydrogen) atoms. The van der Waals surface area contributed by atoms with Crippen LogP contribution in [0.25, 0.3) is 0 Å². The second-order valence-electron chi connectivity index (χ2n) is 14.1. The quantitative estimate of drug-likeness (QED) is 0.412. The SMILES string of the molecule is CCCC(C)(C)CN(C(=O)NC1CC(C)(C)N(O)C(C)(C)C1)C1CC(C)(C)N(O)C(C)(CC)C1. The third-order valence-electron chi connectivity index (χ3n) is 8.45. The van der Waals surface area contributed by atoms with Crippen molar-refractivity contribution in [2.45, 2.75) is 155 Å². The number of piperidine rings is 2. The molecule has 7 heteroatoms. The molecule has 2 unspecified atom stereocenters. The smallest absolute Gasteiger partial charge is 0.317 e.